The summed E-state index contributed by atoms with van der Waals surface area (Å²) < 4.78 is 58.9. The molecule has 4 nitrogen and oxygen atoms in total. The van der Waals surface area contributed by atoms with E-state index in [9.17, 15) is 13.2 Å². The van der Waals surface area contributed by atoms with Crippen molar-refractivity contribution in [2.45, 2.75) is 193 Å². The second-order valence-corrected chi connectivity index (χ2v) is 21.9. The Balaban J connectivity index is 0.000000275. The van der Waals surface area contributed by atoms with E-state index in [4.69, 9.17) is 18.9 Å². The molecular weight excluding hydrogens is 878 g/mol. The van der Waals surface area contributed by atoms with Gasteiger partial charge in [0.15, 0.2) is 6.29 Å². The first-order chi connectivity index (χ1) is 33.0. The van der Waals surface area contributed by atoms with Gasteiger partial charge in [-0.05, 0) is 183 Å². The Morgan fingerprint density at radius 3 is 1.10 bits per heavy atom. The van der Waals surface area contributed by atoms with Crippen LogP contribution >= 0.6 is 0 Å². The zero-order valence-electron chi connectivity index (χ0n) is 46.8. The van der Waals surface area contributed by atoms with Crippen LogP contribution in [0, 0.1) is 101 Å². The molecule has 5 unspecified atom stereocenters. The van der Waals surface area contributed by atoms with Crippen molar-refractivity contribution in [3.8, 4) is 0 Å². The van der Waals surface area contributed by atoms with Crippen LogP contribution in [0.15, 0.2) is 72.8 Å². The summed E-state index contributed by atoms with van der Waals surface area (Å²) in [5.41, 5.74) is 9.59. The Morgan fingerprint density at radius 2 is 0.714 bits per heavy atom. The van der Waals surface area contributed by atoms with Gasteiger partial charge in [0.2, 0.25) is 0 Å². The minimum Gasteiger partial charge on any atom is -0.378 e. The number of halogens is 3. The smallest absolute Gasteiger partial charge is 0.154 e. The van der Waals surface area contributed by atoms with Gasteiger partial charge in [-0.25, -0.2) is 13.2 Å². The van der Waals surface area contributed by atoms with Gasteiger partial charge < -0.3 is 18.9 Å². The molecular formula is C63H97F3O4. The van der Waals surface area contributed by atoms with Gasteiger partial charge >= 0.3 is 0 Å². The van der Waals surface area contributed by atoms with Gasteiger partial charge in [-0.1, -0.05) is 139 Å². The molecule has 4 aromatic carbocycles. The topological polar surface area (TPSA) is 36.9 Å². The van der Waals surface area contributed by atoms with Crippen molar-refractivity contribution < 1.29 is 32.1 Å². The van der Waals surface area contributed by atoms with E-state index in [2.05, 4.69) is 119 Å². The second kappa shape index (κ2) is 34.0. The lowest BCUT2D eigenvalue weighted by atomic mass is 9.84. The van der Waals surface area contributed by atoms with Crippen LogP contribution < -0.4 is 0 Å². The summed E-state index contributed by atoms with van der Waals surface area (Å²) in [6.07, 6.45) is 14.7. The van der Waals surface area contributed by atoms with Crippen LogP contribution in [0.1, 0.15) is 164 Å². The number of benzene rings is 4. The standard InChI is InChI=1S/C11H14.C8H8F2.C8H9F.C8H16.C8H10.2C7H14O.C6H12O2/c1-8-3-4-10-6-9(2)7-11(10)5-8;1-5-3-7(9)6(2)8(10)4-5;1-6-3-4-7(2)8(9)5-6;2*1-7-3-5-8(2)6-4-7;2*1-6-3-4-7(2)8-5-6;1-5-3-7-6(2)8-4-5/h3-5,9H,6-7H2,1-2H3;3-4H,1-2H3;3-5H,1-2H3;7-8H,3-6H2,1-2H3;3-6H,1-2H3;2*6-7H,3-5H2,1-2H3;5-6H,3-4H2,1-2H3. The predicted octanol–water partition coefficient (Wildman–Crippen LogP) is 17.5. The molecule has 3 saturated heterocycles. The molecule has 7 heteroatoms. The molecule has 5 atom stereocenters. The third-order valence-corrected chi connectivity index (χ3v) is 13.5. The van der Waals surface area contributed by atoms with Gasteiger partial charge in [0.1, 0.15) is 17.5 Å². The molecule has 1 saturated carbocycles. The van der Waals surface area contributed by atoms with Crippen molar-refractivity contribution >= 4 is 0 Å². The SMILES string of the molecule is CC1CCC(C)CC1.CC1CCC(C)OC1.CC1CCC(C)OC1.CC1COC(C)OC1.Cc1cc(F)c(C)c(F)c1.Cc1ccc(C)c(F)c1.Cc1ccc(C)cc1.Cc1ccc2c(c1)CC(C)C2. The summed E-state index contributed by atoms with van der Waals surface area (Å²) in [5, 5.41) is 0. The summed E-state index contributed by atoms with van der Waals surface area (Å²) >= 11 is 0. The van der Waals surface area contributed by atoms with Crippen molar-refractivity contribution in [2.24, 2.45) is 35.5 Å². The number of ether oxygens (including phenoxy) is 4. The van der Waals surface area contributed by atoms with Crippen molar-refractivity contribution in [1.82, 2.24) is 0 Å². The second-order valence-electron chi connectivity index (χ2n) is 21.9. The lowest BCUT2D eigenvalue weighted by molar-refractivity contribution is -0.187. The summed E-state index contributed by atoms with van der Waals surface area (Å²) in [6.45, 7) is 36.6. The van der Waals surface area contributed by atoms with E-state index in [1.807, 2.05) is 19.9 Å². The molecule has 0 amide bonds. The number of hydrogen-bond acceptors (Lipinski definition) is 4. The van der Waals surface area contributed by atoms with E-state index in [0.29, 0.717) is 29.3 Å². The quantitative estimate of drug-likeness (QED) is 0.176. The van der Waals surface area contributed by atoms with Gasteiger partial charge in [0.25, 0.3) is 0 Å². The highest BCUT2D eigenvalue weighted by molar-refractivity contribution is 5.35. The molecule has 0 radical (unpaired) electrons. The largest absolute Gasteiger partial charge is 0.378 e. The molecule has 0 N–H and O–H groups in total. The minimum atomic E-state index is -0.475. The van der Waals surface area contributed by atoms with E-state index < -0.39 is 11.6 Å². The van der Waals surface area contributed by atoms with Gasteiger partial charge in [-0.2, -0.15) is 0 Å². The lowest BCUT2D eigenvalue weighted by Crippen LogP contribution is -2.27. The van der Waals surface area contributed by atoms with Crippen LogP contribution in [0.4, 0.5) is 13.2 Å². The fourth-order valence-corrected chi connectivity index (χ4v) is 8.23. The molecule has 0 spiro atoms. The molecule has 4 fully saturated rings. The average Bonchev–Trinajstić information content (AvgIpc) is 3.69. The van der Waals surface area contributed by atoms with Crippen LogP contribution in [0.25, 0.3) is 0 Å². The third-order valence-electron chi connectivity index (χ3n) is 13.5. The first-order valence-electron chi connectivity index (χ1n) is 26.7. The molecule has 394 valence electrons. The Bertz CT molecular complexity index is 1820. The average molecular weight is 975 g/mol. The fourth-order valence-electron chi connectivity index (χ4n) is 8.23. The van der Waals surface area contributed by atoms with Gasteiger partial charge in [0, 0.05) is 24.7 Å². The van der Waals surface area contributed by atoms with Crippen molar-refractivity contribution in [1.29, 1.82) is 0 Å². The Morgan fingerprint density at radius 1 is 0.343 bits per heavy atom. The minimum absolute atomic E-state index is 0.0196. The summed E-state index contributed by atoms with van der Waals surface area (Å²) in [5.74, 6) is 4.01. The molecule has 0 aromatic heterocycles. The van der Waals surface area contributed by atoms with E-state index >= 15 is 0 Å². The maximum atomic E-state index is 12.6. The van der Waals surface area contributed by atoms with Gasteiger partial charge in [0.05, 0.1) is 25.4 Å². The monoisotopic (exact) mass is 975 g/mol. The molecule has 2 aliphatic carbocycles. The predicted molar refractivity (Wildman–Crippen MR) is 290 cm³/mol. The van der Waals surface area contributed by atoms with E-state index in [0.717, 1.165) is 61.6 Å². The summed E-state index contributed by atoms with van der Waals surface area (Å²) in [7, 11) is 0. The van der Waals surface area contributed by atoms with E-state index in [-0.39, 0.29) is 17.7 Å². The first kappa shape index (κ1) is 62.6. The summed E-state index contributed by atoms with van der Waals surface area (Å²) in [4.78, 5) is 0. The maximum Gasteiger partial charge on any atom is 0.154 e. The number of fused-ring (bicyclic) bond motifs is 1. The number of aryl methyl sites for hydroxylation is 6. The first-order valence-corrected chi connectivity index (χ1v) is 26.7. The van der Waals surface area contributed by atoms with Crippen molar-refractivity contribution in [2.75, 3.05) is 26.4 Å². The number of rotatable bonds is 0. The molecule has 5 aliphatic rings. The van der Waals surface area contributed by atoms with Crippen LogP contribution in [-0.2, 0) is 31.8 Å². The number of hydrogen-bond donors (Lipinski definition) is 0. The molecule has 3 heterocycles. The van der Waals surface area contributed by atoms with Crippen LogP contribution in [0.5, 0.6) is 0 Å². The molecule has 3 aliphatic heterocycles. The third kappa shape index (κ3) is 27.9. The Kier molecular flexibility index (Phi) is 30.4. The summed E-state index contributed by atoms with van der Waals surface area (Å²) in [6, 6.07) is 23.2. The molecule has 9 rings (SSSR count). The molecule has 4 aromatic rings. The maximum absolute atomic E-state index is 12.6. The van der Waals surface area contributed by atoms with Gasteiger partial charge in [-0.3, -0.25) is 0 Å². The van der Waals surface area contributed by atoms with E-state index in [1.54, 1.807) is 31.0 Å². The van der Waals surface area contributed by atoms with E-state index in [1.165, 1.54) is 106 Å². The zero-order valence-corrected chi connectivity index (χ0v) is 46.8. The highest BCUT2D eigenvalue weighted by atomic mass is 19.1. The molecule has 70 heavy (non-hydrogen) atoms. The van der Waals surface area contributed by atoms with Crippen LogP contribution in [0.3, 0.4) is 0 Å². The van der Waals surface area contributed by atoms with Gasteiger partial charge in [-0.15, -0.1) is 0 Å². The van der Waals surface area contributed by atoms with Crippen LogP contribution in [0.2, 0.25) is 0 Å². The Hall–Kier alpha value is -3.49. The van der Waals surface area contributed by atoms with Crippen LogP contribution in [-0.4, -0.2) is 44.9 Å². The fraction of sp³-hybridized carbons (Fsp3) is 0.619. The Labute approximate surface area is 426 Å². The zero-order chi connectivity index (χ0) is 52.3. The highest BCUT2D eigenvalue weighted by Gasteiger charge is 2.18. The normalized spacial score (nSPS) is 25.3. The lowest BCUT2D eigenvalue weighted by Gasteiger charge is -2.24. The molecule has 0 bridgehead atoms. The van der Waals surface area contributed by atoms with Crippen molar-refractivity contribution in [3.63, 3.8) is 0 Å². The highest BCUT2D eigenvalue weighted by Crippen LogP contribution is 2.28. The van der Waals surface area contributed by atoms with Crippen molar-refractivity contribution in [3.05, 3.63) is 140 Å².